The van der Waals surface area contributed by atoms with Crippen LogP contribution in [0.2, 0.25) is 0 Å². The topological polar surface area (TPSA) is 80.0 Å². The highest BCUT2D eigenvalue weighted by molar-refractivity contribution is 7.14. The van der Waals surface area contributed by atoms with E-state index >= 15 is 0 Å². The number of aryl methyl sites for hydroxylation is 1. The van der Waals surface area contributed by atoms with Crippen LogP contribution in [0.5, 0.6) is 0 Å². The van der Waals surface area contributed by atoms with Gasteiger partial charge in [-0.1, -0.05) is 0 Å². The molecule has 7 nitrogen and oxygen atoms in total. The van der Waals surface area contributed by atoms with Crippen LogP contribution in [0.4, 0.5) is 18.3 Å². The molecule has 12 heteroatoms. The van der Waals surface area contributed by atoms with E-state index in [4.69, 9.17) is 0 Å². The van der Waals surface area contributed by atoms with Crippen LogP contribution in [0, 0.1) is 0 Å². The van der Waals surface area contributed by atoms with E-state index < -0.39 is 11.9 Å². The zero-order chi connectivity index (χ0) is 19.0. The average molecular weight is 413 g/mol. The molecule has 0 saturated carbocycles. The highest BCUT2D eigenvalue weighted by atomic mass is 32.1. The molecule has 3 aromatic heterocycles. The lowest BCUT2D eigenvalue weighted by molar-refractivity contribution is -0.141. The predicted octanol–water partition coefficient (Wildman–Crippen LogP) is 3.45. The van der Waals surface area contributed by atoms with Crippen molar-refractivity contribution in [2.45, 2.75) is 12.6 Å². The lowest BCUT2D eigenvalue weighted by Gasteiger charge is -2.13. The van der Waals surface area contributed by atoms with Crippen molar-refractivity contribution >= 4 is 33.8 Å². The molecule has 1 aliphatic rings. The fraction of sp³-hybridized carbons (Fsp3) is 0.333. The number of thiazole rings is 2. The van der Waals surface area contributed by atoms with E-state index in [9.17, 15) is 13.2 Å². The van der Waals surface area contributed by atoms with Gasteiger partial charge in [0.05, 0.1) is 5.69 Å². The van der Waals surface area contributed by atoms with Crippen molar-refractivity contribution in [3.63, 3.8) is 0 Å². The van der Waals surface area contributed by atoms with Crippen LogP contribution in [0.3, 0.4) is 0 Å². The molecule has 0 spiro atoms. The van der Waals surface area contributed by atoms with E-state index in [2.05, 4.69) is 30.7 Å². The van der Waals surface area contributed by atoms with Crippen LogP contribution in [0.15, 0.2) is 21.8 Å². The van der Waals surface area contributed by atoms with Gasteiger partial charge < -0.3 is 10.6 Å². The summed E-state index contributed by atoms with van der Waals surface area (Å²) in [6, 6.07) is 1.00. The Kier molecular flexibility index (Phi) is 4.60. The van der Waals surface area contributed by atoms with Crippen molar-refractivity contribution in [2.24, 2.45) is 12.0 Å². The molecule has 0 amide bonds. The van der Waals surface area contributed by atoms with Gasteiger partial charge in [-0.15, -0.1) is 22.7 Å². The van der Waals surface area contributed by atoms with Crippen LogP contribution >= 0.6 is 22.7 Å². The second-order valence-corrected chi connectivity index (χ2v) is 7.46. The zero-order valence-corrected chi connectivity index (χ0v) is 15.7. The van der Waals surface area contributed by atoms with Crippen LogP contribution in [0.1, 0.15) is 12.1 Å². The van der Waals surface area contributed by atoms with Crippen LogP contribution in [0.25, 0.3) is 22.1 Å². The molecule has 142 valence electrons. The van der Waals surface area contributed by atoms with E-state index in [0.717, 1.165) is 25.6 Å². The minimum atomic E-state index is -4.48. The Morgan fingerprint density at radius 3 is 2.67 bits per heavy atom. The number of nitrogens with zero attached hydrogens (tertiary/aromatic N) is 5. The third-order valence-corrected chi connectivity index (χ3v) is 5.41. The molecule has 0 unspecified atom stereocenters. The first-order chi connectivity index (χ1) is 12.9. The van der Waals surface area contributed by atoms with Gasteiger partial charge in [0.25, 0.3) is 0 Å². The Labute approximate surface area is 160 Å². The summed E-state index contributed by atoms with van der Waals surface area (Å²) in [4.78, 5) is 13.2. The molecule has 27 heavy (non-hydrogen) atoms. The molecule has 3 aromatic rings. The van der Waals surface area contributed by atoms with Crippen LogP contribution in [-0.2, 0) is 13.2 Å². The fourth-order valence-corrected chi connectivity index (χ4v) is 4.04. The number of guanidine groups is 1. The highest BCUT2D eigenvalue weighted by Crippen LogP contribution is 2.34. The number of hydrogen-bond acceptors (Lipinski definition) is 8. The summed E-state index contributed by atoms with van der Waals surface area (Å²) in [7, 11) is 1.47. The van der Waals surface area contributed by atoms with E-state index in [0.29, 0.717) is 33.2 Å². The normalized spacial score (nSPS) is 14.7. The van der Waals surface area contributed by atoms with Crippen molar-refractivity contribution < 1.29 is 13.2 Å². The zero-order valence-electron chi connectivity index (χ0n) is 14.0. The van der Waals surface area contributed by atoms with E-state index in [1.54, 1.807) is 5.38 Å². The van der Waals surface area contributed by atoms with Crippen LogP contribution in [-0.4, -0.2) is 38.8 Å². The number of halogens is 3. The first-order valence-corrected chi connectivity index (χ1v) is 9.74. The Hall–Kier alpha value is -2.47. The Balaban J connectivity index is 1.55. The van der Waals surface area contributed by atoms with Gasteiger partial charge in [0.15, 0.2) is 16.8 Å². The average Bonchev–Trinajstić information content (AvgIpc) is 3.34. The summed E-state index contributed by atoms with van der Waals surface area (Å²) >= 11 is 2.66. The second kappa shape index (κ2) is 6.93. The maximum atomic E-state index is 12.8. The maximum Gasteiger partial charge on any atom is 0.435 e. The van der Waals surface area contributed by atoms with Crippen molar-refractivity contribution in [2.75, 3.05) is 18.4 Å². The Morgan fingerprint density at radius 2 is 1.96 bits per heavy atom. The van der Waals surface area contributed by atoms with Crippen molar-refractivity contribution in [3.8, 4) is 22.1 Å². The molecule has 1 aliphatic heterocycles. The number of hydrogen-bond donors (Lipinski definition) is 2. The number of rotatable bonds is 3. The van der Waals surface area contributed by atoms with E-state index in [1.807, 2.05) is 5.38 Å². The first-order valence-electron chi connectivity index (χ1n) is 7.98. The third-order valence-electron chi connectivity index (χ3n) is 3.78. The smallest absolute Gasteiger partial charge is 0.356 e. The van der Waals surface area contributed by atoms with E-state index in [-0.39, 0.29) is 0 Å². The quantitative estimate of drug-likeness (QED) is 0.688. The molecular formula is C15H14F3N7S2. The molecule has 0 aromatic carbocycles. The number of alkyl halides is 3. The first kappa shape index (κ1) is 17.9. The third kappa shape index (κ3) is 3.81. The monoisotopic (exact) mass is 413 g/mol. The molecule has 4 heterocycles. The molecule has 0 fully saturated rings. The lowest BCUT2D eigenvalue weighted by Crippen LogP contribution is -2.35. The molecule has 4 rings (SSSR count). The lowest BCUT2D eigenvalue weighted by atomic mass is 10.3. The molecule has 2 N–H and O–H groups in total. The summed E-state index contributed by atoms with van der Waals surface area (Å²) in [5.74, 6) is 0.690. The SMILES string of the molecule is Cn1nc(C(F)(F)F)cc1-c1nc(-c2csc(NC3=NCCCN3)n2)cs1. The molecule has 0 saturated heterocycles. The predicted molar refractivity (Wildman–Crippen MR) is 99.0 cm³/mol. The summed E-state index contributed by atoms with van der Waals surface area (Å²) in [6.45, 7) is 1.64. The van der Waals surface area contributed by atoms with Gasteiger partial charge in [0, 0.05) is 30.9 Å². The molecule has 0 bridgehead atoms. The number of nitrogens with one attached hydrogen (secondary N) is 2. The second-order valence-electron chi connectivity index (χ2n) is 5.75. The van der Waals surface area contributed by atoms with Crippen molar-refractivity contribution in [3.05, 3.63) is 22.5 Å². The van der Waals surface area contributed by atoms with Gasteiger partial charge in [-0.25, -0.2) is 9.97 Å². The Morgan fingerprint density at radius 1 is 1.19 bits per heavy atom. The van der Waals surface area contributed by atoms with Gasteiger partial charge in [0.2, 0.25) is 0 Å². The maximum absolute atomic E-state index is 12.8. The number of aliphatic imine (C=N–C) groups is 1. The van der Waals surface area contributed by atoms with Crippen LogP contribution < -0.4 is 10.6 Å². The van der Waals surface area contributed by atoms with Gasteiger partial charge in [-0.3, -0.25) is 9.67 Å². The van der Waals surface area contributed by atoms with Gasteiger partial charge in [-0.05, 0) is 12.5 Å². The summed E-state index contributed by atoms with van der Waals surface area (Å²) in [5.41, 5.74) is 0.637. The highest BCUT2D eigenvalue weighted by Gasteiger charge is 2.35. The minimum absolute atomic E-state index is 0.313. The summed E-state index contributed by atoms with van der Waals surface area (Å²) in [6.07, 6.45) is -3.48. The molecule has 0 atom stereocenters. The standard InChI is InChI=1S/C15H14F3N7S2/c1-25-10(5-11(24-25)15(16,17)18)12-21-8(6-26-12)9-7-27-14(22-9)23-13-19-3-2-4-20-13/h5-7H,2-4H2,1H3,(H2,19,20,22,23). The minimum Gasteiger partial charge on any atom is -0.356 e. The largest absolute Gasteiger partial charge is 0.435 e. The molecule has 0 radical (unpaired) electrons. The van der Waals surface area contributed by atoms with Gasteiger partial charge >= 0.3 is 6.18 Å². The number of aromatic nitrogens is 4. The van der Waals surface area contributed by atoms with Gasteiger partial charge in [0.1, 0.15) is 16.4 Å². The van der Waals surface area contributed by atoms with Crippen molar-refractivity contribution in [1.82, 2.24) is 25.1 Å². The van der Waals surface area contributed by atoms with Gasteiger partial charge in [-0.2, -0.15) is 18.3 Å². The fourth-order valence-electron chi connectivity index (χ4n) is 2.48. The number of anilines is 1. The van der Waals surface area contributed by atoms with Crippen molar-refractivity contribution in [1.29, 1.82) is 0 Å². The van der Waals surface area contributed by atoms with E-state index in [1.165, 1.54) is 34.4 Å². The summed E-state index contributed by atoms with van der Waals surface area (Å²) in [5, 5.41) is 14.5. The Bertz CT molecular complexity index is 986. The summed E-state index contributed by atoms with van der Waals surface area (Å²) < 4.78 is 39.7. The molecular weight excluding hydrogens is 399 g/mol. The molecule has 0 aliphatic carbocycles.